The summed E-state index contributed by atoms with van der Waals surface area (Å²) < 4.78 is 5.82. The summed E-state index contributed by atoms with van der Waals surface area (Å²) in [6.07, 6.45) is 0.125. The molecule has 2 unspecified atom stereocenters. The summed E-state index contributed by atoms with van der Waals surface area (Å²) >= 11 is 1.75. The van der Waals surface area contributed by atoms with Gasteiger partial charge in [0.05, 0.1) is 18.8 Å². The number of hydrogen-bond acceptors (Lipinski definition) is 4. The molecule has 4 heteroatoms. The maximum Gasteiger partial charge on any atom is 0.0895 e. The van der Waals surface area contributed by atoms with E-state index >= 15 is 0 Å². The number of hydrogen-bond donors (Lipinski definition) is 1. The average molecular weight is 254 g/mol. The van der Waals surface area contributed by atoms with Gasteiger partial charge >= 0.3 is 0 Å². The lowest BCUT2D eigenvalue weighted by Gasteiger charge is -2.37. The molecule has 1 aliphatic heterocycles. The first-order valence-corrected chi connectivity index (χ1v) is 7.12. The molecule has 3 nitrogen and oxygen atoms in total. The molecule has 1 aliphatic rings. The maximum atomic E-state index is 6.30. The molecule has 1 fully saturated rings. The summed E-state index contributed by atoms with van der Waals surface area (Å²) in [6.45, 7) is 9.31. The standard InChI is InChI=1S/C13H22N2OS/c1-9(2)15-4-5-16-12(7-15)13(14)11-6-10(3)17-8-11/h6,8-9,12-13H,4-5,7,14H2,1-3H3. The zero-order chi connectivity index (χ0) is 12.4. The summed E-state index contributed by atoms with van der Waals surface area (Å²) in [5.74, 6) is 0. The molecule has 2 rings (SSSR count). The lowest BCUT2D eigenvalue weighted by atomic mass is 10.0. The Morgan fingerprint density at radius 2 is 2.29 bits per heavy atom. The molecule has 0 radical (unpaired) electrons. The molecule has 1 aromatic heterocycles. The van der Waals surface area contributed by atoms with Gasteiger partial charge in [-0.25, -0.2) is 0 Å². The maximum absolute atomic E-state index is 6.30. The number of aryl methyl sites for hydroxylation is 1. The Balaban J connectivity index is 2.02. The van der Waals surface area contributed by atoms with Gasteiger partial charge in [0, 0.05) is 24.0 Å². The van der Waals surface area contributed by atoms with Gasteiger partial charge in [0.25, 0.3) is 0 Å². The van der Waals surface area contributed by atoms with Gasteiger partial charge in [-0.3, -0.25) is 4.90 Å². The molecule has 0 bridgehead atoms. The zero-order valence-corrected chi connectivity index (χ0v) is 11.7. The first-order valence-electron chi connectivity index (χ1n) is 6.24. The second-order valence-corrected chi connectivity index (χ2v) is 6.13. The van der Waals surface area contributed by atoms with E-state index in [9.17, 15) is 0 Å². The molecule has 0 amide bonds. The first kappa shape index (κ1) is 13.0. The lowest BCUT2D eigenvalue weighted by Crippen LogP contribution is -2.49. The van der Waals surface area contributed by atoms with E-state index in [1.54, 1.807) is 11.3 Å². The summed E-state index contributed by atoms with van der Waals surface area (Å²) in [5, 5.41) is 2.15. The Morgan fingerprint density at radius 1 is 1.53 bits per heavy atom. The van der Waals surface area contributed by atoms with Crippen LogP contribution in [-0.4, -0.2) is 36.7 Å². The fourth-order valence-electron chi connectivity index (χ4n) is 2.24. The van der Waals surface area contributed by atoms with Gasteiger partial charge in [0.2, 0.25) is 0 Å². The predicted molar refractivity (Wildman–Crippen MR) is 72.4 cm³/mol. The van der Waals surface area contributed by atoms with Crippen LogP contribution in [0.1, 0.15) is 30.3 Å². The van der Waals surface area contributed by atoms with Crippen molar-refractivity contribution in [2.75, 3.05) is 19.7 Å². The summed E-state index contributed by atoms with van der Waals surface area (Å²) in [7, 11) is 0. The van der Waals surface area contributed by atoms with E-state index in [1.165, 1.54) is 10.4 Å². The van der Waals surface area contributed by atoms with Crippen molar-refractivity contribution < 1.29 is 4.74 Å². The first-order chi connectivity index (χ1) is 8.08. The van der Waals surface area contributed by atoms with Gasteiger partial charge in [-0.15, -0.1) is 11.3 Å². The summed E-state index contributed by atoms with van der Waals surface area (Å²) in [5.41, 5.74) is 7.51. The largest absolute Gasteiger partial charge is 0.374 e. The van der Waals surface area contributed by atoms with E-state index in [0.29, 0.717) is 6.04 Å². The van der Waals surface area contributed by atoms with E-state index in [-0.39, 0.29) is 12.1 Å². The van der Waals surface area contributed by atoms with Crippen molar-refractivity contribution in [1.82, 2.24) is 4.90 Å². The normalized spacial score (nSPS) is 24.2. The molecule has 2 N–H and O–H groups in total. The van der Waals surface area contributed by atoms with Crippen molar-refractivity contribution in [3.05, 3.63) is 21.9 Å². The van der Waals surface area contributed by atoms with Gasteiger partial charge in [-0.1, -0.05) is 0 Å². The van der Waals surface area contributed by atoms with Crippen LogP contribution in [0, 0.1) is 6.92 Å². The van der Waals surface area contributed by atoms with Crippen molar-refractivity contribution in [2.45, 2.75) is 39.0 Å². The third-order valence-corrected chi connectivity index (χ3v) is 4.27. The topological polar surface area (TPSA) is 38.5 Å². The third kappa shape index (κ3) is 3.07. The summed E-state index contributed by atoms with van der Waals surface area (Å²) in [4.78, 5) is 3.75. The van der Waals surface area contributed by atoms with Crippen molar-refractivity contribution >= 4 is 11.3 Å². The fourth-order valence-corrected chi connectivity index (χ4v) is 2.99. The molecular formula is C13H22N2OS. The van der Waals surface area contributed by atoms with Crippen LogP contribution in [0.4, 0.5) is 0 Å². The Hall–Kier alpha value is -0.420. The van der Waals surface area contributed by atoms with E-state index in [4.69, 9.17) is 10.5 Å². The summed E-state index contributed by atoms with van der Waals surface area (Å²) in [6, 6.07) is 2.74. The number of ether oxygens (including phenoxy) is 1. The Labute approximate surface area is 108 Å². The third-order valence-electron chi connectivity index (χ3n) is 3.39. The number of nitrogens with two attached hydrogens (primary N) is 1. The fraction of sp³-hybridized carbons (Fsp3) is 0.692. The van der Waals surface area contributed by atoms with Crippen molar-refractivity contribution in [1.29, 1.82) is 0 Å². The molecule has 2 atom stereocenters. The van der Waals surface area contributed by atoms with Crippen LogP contribution in [0.25, 0.3) is 0 Å². The minimum absolute atomic E-state index is 0.00139. The van der Waals surface area contributed by atoms with Gasteiger partial charge in [0.1, 0.15) is 0 Å². The van der Waals surface area contributed by atoms with Gasteiger partial charge in [0.15, 0.2) is 0 Å². The van der Waals surface area contributed by atoms with Crippen molar-refractivity contribution in [3.63, 3.8) is 0 Å². The quantitative estimate of drug-likeness (QED) is 0.898. The predicted octanol–water partition coefficient (Wildman–Crippen LogP) is 2.17. The molecule has 1 saturated heterocycles. The monoisotopic (exact) mass is 254 g/mol. The van der Waals surface area contributed by atoms with Crippen LogP contribution < -0.4 is 5.73 Å². The Kier molecular flexibility index (Phi) is 4.20. The van der Waals surface area contributed by atoms with Crippen LogP contribution in [0.3, 0.4) is 0 Å². The van der Waals surface area contributed by atoms with Crippen LogP contribution in [-0.2, 0) is 4.74 Å². The van der Waals surface area contributed by atoms with Crippen LogP contribution in [0.2, 0.25) is 0 Å². The minimum atomic E-state index is 0.00139. The highest BCUT2D eigenvalue weighted by molar-refractivity contribution is 7.10. The van der Waals surface area contributed by atoms with Gasteiger partial charge in [-0.05, 0) is 37.8 Å². The Morgan fingerprint density at radius 3 is 2.88 bits per heavy atom. The van der Waals surface area contributed by atoms with Crippen molar-refractivity contribution in [2.24, 2.45) is 5.73 Å². The molecule has 96 valence electrons. The molecule has 0 aromatic carbocycles. The van der Waals surface area contributed by atoms with E-state index in [0.717, 1.165) is 19.7 Å². The molecular weight excluding hydrogens is 232 g/mol. The highest BCUT2D eigenvalue weighted by Gasteiger charge is 2.28. The van der Waals surface area contributed by atoms with Gasteiger partial charge < -0.3 is 10.5 Å². The number of rotatable bonds is 3. The number of thiophene rings is 1. The van der Waals surface area contributed by atoms with Crippen LogP contribution >= 0.6 is 11.3 Å². The molecule has 0 spiro atoms. The van der Waals surface area contributed by atoms with Crippen molar-refractivity contribution in [3.8, 4) is 0 Å². The molecule has 17 heavy (non-hydrogen) atoms. The molecule has 0 saturated carbocycles. The highest BCUT2D eigenvalue weighted by Crippen LogP contribution is 2.25. The van der Waals surface area contributed by atoms with E-state index in [2.05, 4.69) is 37.1 Å². The SMILES string of the molecule is Cc1cc(C(N)C2CN(C(C)C)CCO2)cs1. The molecule has 1 aromatic rings. The van der Waals surface area contributed by atoms with Crippen LogP contribution in [0.15, 0.2) is 11.4 Å². The number of nitrogens with zero attached hydrogens (tertiary/aromatic N) is 1. The lowest BCUT2D eigenvalue weighted by molar-refractivity contribution is -0.0502. The smallest absolute Gasteiger partial charge is 0.0895 e. The number of morpholine rings is 1. The Bertz CT molecular complexity index is 364. The van der Waals surface area contributed by atoms with E-state index < -0.39 is 0 Å². The molecule has 2 heterocycles. The van der Waals surface area contributed by atoms with E-state index in [1.807, 2.05) is 0 Å². The average Bonchev–Trinajstić information content (AvgIpc) is 2.75. The van der Waals surface area contributed by atoms with Gasteiger partial charge in [-0.2, -0.15) is 0 Å². The van der Waals surface area contributed by atoms with Crippen LogP contribution in [0.5, 0.6) is 0 Å². The minimum Gasteiger partial charge on any atom is -0.374 e. The second kappa shape index (κ2) is 5.48. The highest BCUT2D eigenvalue weighted by atomic mass is 32.1. The molecule has 0 aliphatic carbocycles. The second-order valence-electron chi connectivity index (χ2n) is 5.01. The zero-order valence-electron chi connectivity index (χ0n) is 10.8.